The summed E-state index contributed by atoms with van der Waals surface area (Å²) in [5.41, 5.74) is 7.93. The standard InChI is InChI=1S/C19H23ClN4O/c1-3-22-19(24(2)13-15-6-10-17(20)11-7-15)23-12-14-4-8-16(9-5-14)18(21)25/h4-11H,3,12-13H2,1-2H3,(H2,21,25)(H,22,23). The zero-order valence-corrected chi connectivity index (χ0v) is 15.3. The van der Waals surface area contributed by atoms with Crippen molar-refractivity contribution in [2.75, 3.05) is 13.6 Å². The number of aliphatic imine (C=N–C) groups is 1. The molecule has 0 saturated carbocycles. The summed E-state index contributed by atoms with van der Waals surface area (Å²) in [5.74, 6) is 0.391. The van der Waals surface area contributed by atoms with Gasteiger partial charge in [-0.05, 0) is 42.3 Å². The monoisotopic (exact) mass is 358 g/mol. The molecule has 25 heavy (non-hydrogen) atoms. The van der Waals surface area contributed by atoms with Crippen LogP contribution in [0.25, 0.3) is 0 Å². The van der Waals surface area contributed by atoms with E-state index in [1.54, 1.807) is 12.1 Å². The lowest BCUT2D eigenvalue weighted by molar-refractivity contribution is 0.100. The van der Waals surface area contributed by atoms with Gasteiger partial charge in [-0.25, -0.2) is 4.99 Å². The molecule has 2 aromatic carbocycles. The molecule has 1 amide bonds. The number of primary amides is 1. The predicted octanol–water partition coefficient (Wildman–Crippen LogP) is 3.04. The molecule has 0 unspecified atom stereocenters. The molecule has 2 rings (SSSR count). The summed E-state index contributed by atoms with van der Waals surface area (Å²) in [4.78, 5) is 17.8. The van der Waals surface area contributed by atoms with Gasteiger partial charge in [0.1, 0.15) is 0 Å². The fourth-order valence-electron chi connectivity index (χ4n) is 2.35. The first-order valence-electron chi connectivity index (χ1n) is 8.12. The third-order valence-electron chi connectivity index (χ3n) is 3.68. The van der Waals surface area contributed by atoms with Gasteiger partial charge in [0, 0.05) is 30.7 Å². The maximum absolute atomic E-state index is 11.1. The van der Waals surface area contributed by atoms with E-state index in [1.807, 2.05) is 50.4 Å². The fourth-order valence-corrected chi connectivity index (χ4v) is 2.47. The molecule has 0 atom stereocenters. The van der Waals surface area contributed by atoms with Crippen molar-refractivity contribution in [3.8, 4) is 0 Å². The molecule has 0 radical (unpaired) electrons. The van der Waals surface area contributed by atoms with Gasteiger partial charge in [0.15, 0.2) is 5.96 Å². The maximum atomic E-state index is 11.1. The van der Waals surface area contributed by atoms with E-state index < -0.39 is 5.91 Å². The molecule has 132 valence electrons. The number of amides is 1. The van der Waals surface area contributed by atoms with Crippen molar-refractivity contribution in [1.29, 1.82) is 0 Å². The Labute approximate surface area is 153 Å². The molecule has 2 aromatic rings. The van der Waals surface area contributed by atoms with Crippen LogP contribution in [-0.2, 0) is 13.1 Å². The maximum Gasteiger partial charge on any atom is 0.248 e. The second-order valence-corrected chi connectivity index (χ2v) is 6.15. The lowest BCUT2D eigenvalue weighted by Crippen LogP contribution is -2.38. The van der Waals surface area contributed by atoms with Gasteiger partial charge in [-0.15, -0.1) is 0 Å². The van der Waals surface area contributed by atoms with Gasteiger partial charge in [-0.1, -0.05) is 35.9 Å². The van der Waals surface area contributed by atoms with E-state index in [2.05, 4.69) is 15.2 Å². The van der Waals surface area contributed by atoms with Gasteiger partial charge in [0.25, 0.3) is 0 Å². The minimum atomic E-state index is -0.425. The van der Waals surface area contributed by atoms with Crippen LogP contribution in [0, 0.1) is 0 Å². The molecule has 0 aromatic heterocycles. The lowest BCUT2D eigenvalue weighted by atomic mass is 10.1. The summed E-state index contributed by atoms with van der Waals surface area (Å²) >= 11 is 5.93. The quantitative estimate of drug-likeness (QED) is 0.616. The molecule has 5 nitrogen and oxygen atoms in total. The minimum Gasteiger partial charge on any atom is -0.366 e. The van der Waals surface area contributed by atoms with Crippen LogP contribution in [0.2, 0.25) is 5.02 Å². The van der Waals surface area contributed by atoms with Crippen LogP contribution in [0.1, 0.15) is 28.4 Å². The summed E-state index contributed by atoms with van der Waals surface area (Å²) in [6.07, 6.45) is 0. The smallest absolute Gasteiger partial charge is 0.248 e. The third kappa shape index (κ3) is 5.80. The zero-order chi connectivity index (χ0) is 18.2. The topological polar surface area (TPSA) is 70.7 Å². The molecule has 0 fully saturated rings. The molecule has 0 aliphatic heterocycles. The van der Waals surface area contributed by atoms with Crippen LogP contribution in [0.4, 0.5) is 0 Å². The molecule has 3 N–H and O–H groups in total. The molecule has 0 aliphatic rings. The van der Waals surface area contributed by atoms with Crippen LogP contribution in [0.15, 0.2) is 53.5 Å². The van der Waals surface area contributed by atoms with Crippen molar-refractivity contribution in [3.05, 3.63) is 70.2 Å². The number of rotatable bonds is 6. The van der Waals surface area contributed by atoms with Gasteiger partial charge in [0.2, 0.25) is 5.91 Å². The number of guanidine groups is 1. The number of nitrogens with two attached hydrogens (primary N) is 1. The van der Waals surface area contributed by atoms with Crippen molar-refractivity contribution in [1.82, 2.24) is 10.2 Å². The number of halogens is 1. The third-order valence-corrected chi connectivity index (χ3v) is 3.93. The second-order valence-electron chi connectivity index (χ2n) is 5.71. The number of carbonyl (C=O) groups excluding carboxylic acids is 1. The van der Waals surface area contributed by atoms with Crippen LogP contribution in [-0.4, -0.2) is 30.4 Å². The largest absolute Gasteiger partial charge is 0.366 e. The van der Waals surface area contributed by atoms with Crippen LogP contribution in [0.3, 0.4) is 0 Å². The van der Waals surface area contributed by atoms with E-state index in [0.717, 1.165) is 35.2 Å². The zero-order valence-electron chi connectivity index (χ0n) is 14.5. The van der Waals surface area contributed by atoms with Crippen LogP contribution in [0.5, 0.6) is 0 Å². The first kappa shape index (κ1) is 18.8. The lowest BCUT2D eigenvalue weighted by Gasteiger charge is -2.22. The Morgan fingerprint density at radius 1 is 1.12 bits per heavy atom. The van der Waals surface area contributed by atoms with Crippen molar-refractivity contribution in [2.24, 2.45) is 10.7 Å². The van der Waals surface area contributed by atoms with E-state index in [0.29, 0.717) is 12.1 Å². The summed E-state index contributed by atoms with van der Waals surface area (Å²) in [6, 6.07) is 15.0. The Kier molecular flexibility index (Phi) is 6.83. The Morgan fingerprint density at radius 2 is 1.72 bits per heavy atom. The molecule has 0 heterocycles. The second kappa shape index (κ2) is 9.08. The first-order valence-corrected chi connectivity index (χ1v) is 8.50. The van der Waals surface area contributed by atoms with Crippen LogP contribution >= 0.6 is 11.6 Å². The van der Waals surface area contributed by atoms with Crippen molar-refractivity contribution >= 4 is 23.5 Å². The first-order chi connectivity index (χ1) is 12.0. The SMILES string of the molecule is CCNC(=NCc1ccc(C(N)=O)cc1)N(C)Cc1ccc(Cl)cc1. The Bertz CT molecular complexity index is 726. The van der Waals surface area contributed by atoms with Crippen molar-refractivity contribution in [3.63, 3.8) is 0 Å². The van der Waals surface area contributed by atoms with Gasteiger partial charge >= 0.3 is 0 Å². The van der Waals surface area contributed by atoms with Crippen molar-refractivity contribution in [2.45, 2.75) is 20.0 Å². The van der Waals surface area contributed by atoms with E-state index in [9.17, 15) is 4.79 Å². The highest BCUT2D eigenvalue weighted by molar-refractivity contribution is 6.30. The minimum absolute atomic E-state index is 0.425. The van der Waals surface area contributed by atoms with Crippen molar-refractivity contribution < 1.29 is 4.79 Å². The Balaban J connectivity index is 2.05. The van der Waals surface area contributed by atoms with E-state index in [-0.39, 0.29) is 0 Å². The van der Waals surface area contributed by atoms with Gasteiger partial charge < -0.3 is 16.0 Å². The van der Waals surface area contributed by atoms with E-state index in [1.165, 1.54) is 0 Å². The summed E-state index contributed by atoms with van der Waals surface area (Å²) in [5, 5.41) is 4.02. The molecule has 0 bridgehead atoms. The molecular weight excluding hydrogens is 336 g/mol. The average Bonchev–Trinajstić information content (AvgIpc) is 2.60. The molecular formula is C19H23ClN4O. The summed E-state index contributed by atoms with van der Waals surface area (Å²) in [7, 11) is 1.99. The van der Waals surface area contributed by atoms with Gasteiger partial charge in [0.05, 0.1) is 6.54 Å². The number of carbonyl (C=O) groups is 1. The molecule has 0 aliphatic carbocycles. The highest BCUT2D eigenvalue weighted by Gasteiger charge is 2.07. The Hall–Kier alpha value is -2.53. The van der Waals surface area contributed by atoms with Gasteiger partial charge in [-0.2, -0.15) is 0 Å². The number of benzene rings is 2. The number of nitrogens with zero attached hydrogens (tertiary/aromatic N) is 2. The molecule has 0 spiro atoms. The highest BCUT2D eigenvalue weighted by Crippen LogP contribution is 2.11. The van der Waals surface area contributed by atoms with E-state index in [4.69, 9.17) is 17.3 Å². The molecule has 6 heteroatoms. The molecule has 0 saturated heterocycles. The number of hydrogen-bond donors (Lipinski definition) is 2. The summed E-state index contributed by atoms with van der Waals surface area (Å²) in [6.45, 7) is 4.06. The number of hydrogen-bond acceptors (Lipinski definition) is 2. The normalized spacial score (nSPS) is 11.2. The van der Waals surface area contributed by atoms with Crippen LogP contribution < -0.4 is 11.1 Å². The predicted molar refractivity (Wildman–Crippen MR) is 103 cm³/mol. The number of nitrogens with one attached hydrogen (secondary N) is 1. The summed E-state index contributed by atoms with van der Waals surface area (Å²) < 4.78 is 0. The van der Waals surface area contributed by atoms with Gasteiger partial charge in [-0.3, -0.25) is 4.79 Å². The average molecular weight is 359 g/mol. The Morgan fingerprint density at radius 3 is 2.28 bits per heavy atom. The highest BCUT2D eigenvalue weighted by atomic mass is 35.5. The van der Waals surface area contributed by atoms with E-state index >= 15 is 0 Å². The fraction of sp³-hybridized carbons (Fsp3) is 0.263.